The van der Waals surface area contributed by atoms with E-state index in [1.165, 1.54) is 11.8 Å². The first kappa shape index (κ1) is 34.4. The molecule has 4 aromatic carbocycles. The molecule has 1 unspecified atom stereocenters. The molecule has 2 atom stereocenters. The zero-order chi connectivity index (χ0) is 33.8. The highest BCUT2D eigenvalue weighted by molar-refractivity contribution is 5.91. The Morgan fingerprint density at radius 3 is 2.00 bits per heavy atom. The Kier molecular flexibility index (Phi) is 12.3. The van der Waals surface area contributed by atoms with E-state index in [1.54, 1.807) is 24.3 Å². The van der Waals surface area contributed by atoms with Gasteiger partial charge in [0, 0.05) is 25.9 Å². The van der Waals surface area contributed by atoms with Crippen molar-refractivity contribution in [2.75, 3.05) is 18.4 Å². The van der Waals surface area contributed by atoms with Crippen molar-refractivity contribution in [1.82, 2.24) is 10.2 Å². The summed E-state index contributed by atoms with van der Waals surface area (Å²) in [5, 5.41) is 15.9. The van der Waals surface area contributed by atoms with Gasteiger partial charge in [-0.1, -0.05) is 111 Å². The van der Waals surface area contributed by atoms with Gasteiger partial charge < -0.3 is 25.4 Å². The molecule has 0 saturated heterocycles. The van der Waals surface area contributed by atoms with Crippen LogP contribution < -0.4 is 15.4 Å². The number of ether oxygens (including phenoxy) is 1. The predicted octanol–water partition coefficient (Wildman–Crippen LogP) is 6.75. The summed E-state index contributed by atoms with van der Waals surface area (Å²) >= 11 is 0. The van der Waals surface area contributed by atoms with Gasteiger partial charge in [0.25, 0.3) is 0 Å². The summed E-state index contributed by atoms with van der Waals surface area (Å²) in [6.45, 7) is 5.53. The molecule has 4 rings (SSSR count). The van der Waals surface area contributed by atoms with Crippen LogP contribution in [0.25, 0.3) is 11.1 Å². The van der Waals surface area contributed by atoms with Gasteiger partial charge in [0.15, 0.2) is 5.75 Å². The fraction of sp³-hybridized carbons (Fsp3) is 0.263. The van der Waals surface area contributed by atoms with Crippen molar-refractivity contribution in [2.24, 2.45) is 5.92 Å². The lowest BCUT2D eigenvalue weighted by Crippen LogP contribution is -2.52. The largest absolute Gasteiger partial charge is 0.480 e. The number of carboxylic acids is 1. The molecule has 244 valence electrons. The lowest BCUT2D eigenvalue weighted by atomic mass is 9.85. The van der Waals surface area contributed by atoms with Crippen LogP contribution in [0.15, 0.2) is 109 Å². The fourth-order valence-corrected chi connectivity index (χ4v) is 5.37. The van der Waals surface area contributed by atoms with Crippen LogP contribution in [0, 0.1) is 5.92 Å². The van der Waals surface area contributed by atoms with Crippen molar-refractivity contribution < 1.29 is 29.0 Å². The molecule has 0 aliphatic rings. The number of carboxylic acid groups (broad SMARTS) is 1. The van der Waals surface area contributed by atoms with E-state index in [0.29, 0.717) is 18.7 Å². The number of rotatable bonds is 14. The van der Waals surface area contributed by atoms with Crippen LogP contribution >= 0.6 is 0 Å². The van der Waals surface area contributed by atoms with Gasteiger partial charge in [-0.2, -0.15) is 0 Å². The van der Waals surface area contributed by atoms with Crippen molar-refractivity contribution in [1.29, 1.82) is 0 Å². The van der Waals surface area contributed by atoms with Crippen LogP contribution in [0.2, 0.25) is 0 Å². The minimum absolute atomic E-state index is 0.00656. The molecule has 3 amide bonds. The minimum atomic E-state index is -1.25. The van der Waals surface area contributed by atoms with E-state index in [2.05, 4.69) is 10.6 Å². The molecule has 3 N–H and O–H groups in total. The maximum absolute atomic E-state index is 13.7. The summed E-state index contributed by atoms with van der Waals surface area (Å²) in [5.41, 5.74) is 4.11. The van der Waals surface area contributed by atoms with Gasteiger partial charge in [-0.05, 0) is 46.7 Å². The third-order valence-electron chi connectivity index (χ3n) is 7.57. The van der Waals surface area contributed by atoms with Crippen LogP contribution in [-0.4, -0.2) is 53.0 Å². The van der Waals surface area contributed by atoms with E-state index in [-0.39, 0.29) is 30.5 Å². The normalized spacial score (nSPS) is 12.1. The number of esters is 1. The number of hydrogen-bond donors (Lipinski definition) is 3. The SMILES string of the molecule is CC(=O)Nc1ccccc1OC(=O)CCN(CC(C)C)C(=O)N[C@H](C(=O)O)C(Cc1ccccc1)c1ccc(-c2ccccc2)cc1. The first-order chi connectivity index (χ1) is 22.6. The third kappa shape index (κ3) is 10.3. The fourth-order valence-electron chi connectivity index (χ4n) is 5.37. The molecular formula is C38H41N3O6. The van der Waals surface area contributed by atoms with Gasteiger partial charge in [0.05, 0.1) is 12.1 Å². The predicted molar refractivity (Wildman–Crippen MR) is 182 cm³/mol. The summed E-state index contributed by atoms with van der Waals surface area (Å²) < 4.78 is 5.50. The van der Waals surface area contributed by atoms with Crippen LogP contribution in [0.1, 0.15) is 44.2 Å². The Bertz CT molecular complexity index is 1640. The van der Waals surface area contributed by atoms with Crippen LogP contribution in [0.4, 0.5) is 10.5 Å². The monoisotopic (exact) mass is 635 g/mol. The Hall–Kier alpha value is -5.44. The second-order valence-corrected chi connectivity index (χ2v) is 11.8. The molecule has 4 aromatic rings. The van der Waals surface area contributed by atoms with Crippen molar-refractivity contribution in [3.8, 4) is 16.9 Å². The van der Waals surface area contributed by atoms with Crippen molar-refractivity contribution in [2.45, 2.75) is 45.6 Å². The molecule has 9 nitrogen and oxygen atoms in total. The van der Waals surface area contributed by atoms with E-state index in [1.807, 2.05) is 98.8 Å². The lowest BCUT2D eigenvalue weighted by molar-refractivity contribution is -0.140. The molecule has 9 heteroatoms. The third-order valence-corrected chi connectivity index (χ3v) is 7.57. The summed E-state index contributed by atoms with van der Waals surface area (Å²) in [4.78, 5) is 52.4. The van der Waals surface area contributed by atoms with Gasteiger partial charge >= 0.3 is 18.0 Å². The van der Waals surface area contributed by atoms with E-state index >= 15 is 0 Å². The standard InChI is InChI=1S/C38H41N3O6/c1-26(2)25-41(23-22-35(43)47-34-17-11-10-16-33(34)39-27(3)42)38(46)40-36(37(44)45)32(24-28-12-6-4-7-13-28)31-20-18-30(19-21-31)29-14-8-5-9-15-29/h4-21,26,32,36H,22-25H2,1-3H3,(H,39,42)(H,40,46)(H,44,45)/t32?,36-/m0/s1. The summed E-state index contributed by atoms with van der Waals surface area (Å²) in [6.07, 6.45) is 0.244. The smallest absolute Gasteiger partial charge is 0.326 e. The molecule has 0 radical (unpaired) electrons. The second-order valence-electron chi connectivity index (χ2n) is 11.8. The van der Waals surface area contributed by atoms with Crippen molar-refractivity contribution >= 4 is 29.6 Å². The Balaban J connectivity index is 1.53. The molecule has 0 fully saturated rings. The van der Waals surface area contributed by atoms with Crippen LogP contribution in [0.5, 0.6) is 5.75 Å². The average molecular weight is 636 g/mol. The number of urea groups is 1. The van der Waals surface area contributed by atoms with Gasteiger partial charge in [0.1, 0.15) is 6.04 Å². The van der Waals surface area contributed by atoms with E-state index < -0.39 is 29.9 Å². The molecular weight excluding hydrogens is 594 g/mol. The Labute approximate surface area is 275 Å². The average Bonchev–Trinajstić information content (AvgIpc) is 3.06. The highest BCUT2D eigenvalue weighted by Gasteiger charge is 2.33. The molecule has 0 spiro atoms. The first-order valence-electron chi connectivity index (χ1n) is 15.7. The van der Waals surface area contributed by atoms with Gasteiger partial charge in [-0.25, -0.2) is 9.59 Å². The number of nitrogens with zero attached hydrogens (tertiary/aromatic N) is 1. The van der Waals surface area contributed by atoms with Gasteiger partial charge in [0.2, 0.25) is 5.91 Å². The highest BCUT2D eigenvalue weighted by atomic mass is 16.5. The second kappa shape index (κ2) is 16.7. The minimum Gasteiger partial charge on any atom is -0.480 e. The number of hydrogen-bond acceptors (Lipinski definition) is 5. The van der Waals surface area contributed by atoms with E-state index in [9.17, 15) is 24.3 Å². The summed E-state index contributed by atoms with van der Waals surface area (Å²) in [5.74, 6) is -2.41. The molecule has 0 aromatic heterocycles. The molecule has 0 saturated carbocycles. The van der Waals surface area contributed by atoms with E-state index in [0.717, 1.165) is 22.3 Å². The number of nitrogens with one attached hydrogen (secondary N) is 2. The summed E-state index contributed by atoms with van der Waals surface area (Å²) in [6, 6.07) is 32.0. The number of carbonyl (C=O) groups excluding carboxylic acids is 3. The Morgan fingerprint density at radius 1 is 0.787 bits per heavy atom. The molecule has 0 heterocycles. The zero-order valence-electron chi connectivity index (χ0n) is 26.9. The molecule has 47 heavy (non-hydrogen) atoms. The number of benzene rings is 4. The quantitative estimate of drug-likeness (QED) is 0.104. The number of aliphatic carboxylic acids is 1. The van der Waals surface area contributed by atoms with E-state index in [4.69, 9.17) is 4.74 Å². The van der Waals surface area contributed by atoms with Gasteiger partial charge in [-0.15, -0.1) is 0 Å². The number of carbonyl (C=O) groups is 4. The number of para-hydroxylation sites is 2. The highest BCUT2D eigenvalue weighted by Crippen LogP contribution is 2.29. The molecule has 0 aliphatic carbocycles. The first-order valence-corrected chi connectivity index (χ1v) is 15.7. The maximum atomic E-state index is 13.7. The van der Waals surface area contributed by atoms with Crippen LogP contribution in [0.3, 0.4) is 0 Å². The Morgan fingerprint density at radius 2 is 1.38 bits per heavy atom. The van der Waals surface area contributed by atoms with Gasteiger partial charge in [-0.3, -0.25) is 9.59 Å². The maximum Gasteiger partial charge on any atom is 0.326 e. The summed E-state index contributed by atoms with van der Waals surface area (Å²) in [7, 11) is 0. The van der Waals surface area contributed by atoms with Crippen LogP contribution in [-0.2, 0) is 20.8 Å². The zero-order valence-corrected chi connectivity index (χ0v) is 26.9. The number of amides is 3. The van der Waals surface area contributed by atoms with Crippen molar-refractivity contribution in [3.63, 3.8) is 0 Å². The molecule has 0 aliphatic heterocycles. The van der Waals surface area contributed by atoms with Crippen molar-refractivity contribution in [3.05, 3.63) is 120 Å². The number of anilines is 1. The molecule has 0 bridgehead atoms. The topological polar surface area (TPSA) is 125 Å². The lowest BCUT2D eigenvalue weighted by Gasteiger charge is -2.30.